The Hall–Kier alpha value is -2.45. The van der Waals surface area contributed by atoms with Crippen molar-refractivity contribution in [1.29, 1.82) is 0 Å². The molecular weight excluding hydrogens is 326 g/mol. The van der Waals surface area contributed by atoms with E-state index in [1.54, 1.807) is 11.9 Å². The molecule has 2 atom stereocenters. The van der Waals surface area contributed by atoms with E-state index in [9.17, 15) is 14.4 Å². The summed E-state index contributed by atoms with van der Waals surface area (Å²) in [5, 5.41) is 8.11. The number of aromatic nitrogens is 2. The van der Waals surface area contributed by atoms with Gasteiger partial charge < -0.3 is 14.2 Å². The van der Waals surface area contributed by atoms with Crippen LogP contribution < -0.4 is 0 Å². The zero-order valence-corrected chi connectivity index (χ0v) is 14.8. The first kappa shape index (κ1) is 17.4. The van der Waals surface area contributed by atoms with Crippen molar-refractivity contribution in [3.05, 3.63) is 11.8 Å². The molecule has 1 aromatic rings. The maximum atomic E-state index is 12.7. The second kappa shape index (κ2) is 6.81. The lowest BCUT2D eigenvalue weighted by Gasteiger charge is -2.38. The van der Waals surface area contributed by atoms with Gasteiger partial charge in [0.2, 0.25) is 17.7 Å². The Kier molecular flexibility index (Phi) is 4.73. The maximum Gasteiger partial charge on any atom is 0.327 e. The van der Waals surface area contributed by atoms with Gasteiger partial charge in [0.25, 0.3) is 5.91 Å². The summed E-state index contributed by atoms with van der Waals surface area (Å²) in [4.78, 5) is 40.6. The summed E-state index contributed by atoms with van der Waals surface area (Å²) in [5.74, 6) is 0.533. The van der Waals surface area contributed by atoms with Crippen LogP contribution in [0.15, 0.2) is 4.42 Å². The van der Waals surface area contributed by atoms with Crippen molar-refractivity contribution in [1.82, 2.24) is 24.9 Å². The molecule has 0 aromatic carbocycles. The van der Waals surface area contributed by atoms with Crippen LogP contribution >= 0.6 is 0 Å². The third-order valence-electron chi connectivity index (χ3n) is 4.93. The van der Waals surface area contributed by atoms with Crippen LogP contribution in [0.2, 0.25) is 0 Å². The summed E-state index contributed by atoms with van der Waals surface area (Å²) in [6.45, 7) is 4.28. The smallest absolute Gasteiger partial charge is 0.327 e. The lowest BCUT2D eigenvalue weighted by Crippen LogP contribution is -2.50. The highest BCUT2D eigenvalue weighted by Crippen LogP contribution is 2.32. The van der Waals surface area contributed by atoms with E-state index in [0.717, 1.165) is 17.7 Å². The summed E-state index contributed by atoms with van der Waals surface area (Å²) in [5.41, 5.74) is 0. The first-order chi connectivity index (χ1) is 11.9. The van der Waals surface area contributed by atoms with Crippen molar-refractivity contribution in [3.8, 4) is 0 Å². The molecule has 4 amide bonds. The Morgan fingerprint density at radius 1 is 1.32 bits per heavy atom. The number of nitrogens with zero attached hydrogens (tertiary/aromatic N) is 5. The lowest BCUT2D eigenvalue weighted by molar-refractivity contribution is -0.139. The Labute approximate surface area is 145 Å². The number of amides is 4. The van der Waals surface area contributed by atoms with Crippen molar-refractivity contribution in [2.45, 2.75) is 45.1 Å². The average molecular weight is 349 g/mol. The number of likely N-dealkylation sites (tertiary alicyclic amines) is 1. The van der Waals surface area contributed by atoms with Gasteiger partial charge in [-0.05, 0) is 19.8 Å². The first-order valence-corrected chi connectivity index (χ1v) is 8.59. The summed E-state index contributed by atoms with van der Waals surface area (Å²) in [6, 6.07) is -0.555. The van der Waals surface area contributed by atoms with Crippen LogP contribution in [0.3, 0.4) is 0 Å². The maximum absolute atomic E-state index is 12.7. The van der Waals surface area contributed by atoms with Gasteiger partial charge in [-0.15, -0.1) is 10.2 Å². The van der Waals surface area contributed by atoms with Crippen LogP contribution in [-0.4, -0.2) is 75.5 Å². The molecular formula is C16H23N5O4. The van der Waals surface area contributed by atoms with Gasteiger partial charge in [-0.3, -0.25) is 14.5 Å². The molecule has 2 saturated heterocycles. The largest absolute Gasteiger partial charge is 0.425 e. The van der Waals surface area contributed by atoms with Crippen molar-refractivity contribution in [3.63, 3.8) is 0 Å². The zero-order chi connectivity index (χ0) is 18.1. The van der Waals surface area contributed by atoms with Gasteiger partial charge in [0.15, 0.2) is 0 Å². The fourth-order valence-electron chi connectivity index (χ4n) is 3.44. The Bertz CT molecular complexity index is 688. The highest BCUT2D eigenvalue weighted by atomic mass is 16.4. The van der Waals surface area contributed by atoms with E-state index in [2.05, 4.69) is 10.2 Å². The number of aryl methyl sites for hydroxylation is 1. The monoisotopic (exact) mass is 349 g/mol. The van der Waals surface area contributed by atoms with Gasteiger partial charge in [0.1, 0.15) is 13.1 Å². The molecule has 136 valence electrons. The van der Waals surface area contributed by atoms with E-state index in [1.807, 2.05) is 13.8 Å². The van der Waals surface area contributed by atoms with Crippen molar-refractivity contribution in [2.24, 2.45) is 0 Å². The number of likely N-dealkylation sites (N-methyl/N-ethyl adjacent to an activating group) is 1. The van der Waals surface area contributed by atoms with Gasteiger partial charge in [0.05, 0.1) is 5.92 Å². The molecule has 0 bridgehead atoms. The fraction of sp³-hybridized carbons (Fsp3) is 0.688. The van der Waals surface area contributed by atoms with Crippen LogP contribution in [-0.2, 0) is 16.0 Å². The van der Waals surface area contributed by atoms with E-state index < -0.39 is 6.03 Å². The predicted octanol–water partition coefficient (Wildman–Crippen LogP) is 0.621. The minimum Gasteiger partial charge on any atom is -0.425 e. The van der Waals surface area contributed by atoms with Gasteiger partial charge in [0, 0.05) is 26.1 Å². The first-order valence-electron chi connectivity index (χ1n) is 8.59. The number of carbonyl (C=O) groups is 3. The van der Waals surface area contributed by atoms with E-state index in [4.69, 9.17) is 4.42 Å². The van der Waals surface area contributed by atoms with Crippen LogP contribution in [0, 0.1) is 0 Å². The van der Waals surface area contributed by atoms with Crippen LogP contribution in [0.25, 0.3) is 0 Å². The number of urea groups is 1. The molecule has 0 radical (unpaired) electrons. The van der Waals surface area contributed by atoms with Crippen molar-refractivity contribution in [2.75, 3.05) is 26.7 Å². The molecule has 0 saturated carbocycles. The summed E-state index contributed by atoms with van der Waals surface area (Å²) in [7, 11) is 1.55. The Morgan fingerprint density at radius 2 is 2.08 bits per heavy atom. The number of piperidine rings is 1. The molecule has 0 aliphatic carbocycles. The SMILES string of the molecule is CCc1nnc([C@H]2CCCN(C(=O)CN3C(=O)CN(C)C3=O)[C@H]2C)o1. The minimum atomic E-state index is -0.427. The number of imide groups is 1. The highest BCUT2D eigenvalue weighted by Gasteiger charge is 2.39. The zero-order valence-electron chi connectivity index (χ0n) is 14.8. The minimum absolute atomic E-state index is 0.0199. The molecule has 2 fully saturated rings. The standard InChI is InChI=1S/C16H23N5O4/c1-4-12-17-18-15(25-12)11-6-5-7-20(10(11)2)14(23)9-21-13(22)8-19(3)16(21)24/h10-11H,4-9H2,1-3H3/t10-,11-/m0/s1. The molecule has 0 spiro atoms. The van der Waals surface area contributed by atoms with Crippen molar-refractivity contribution >= 4 is 17.8 Å². The molecule has 9 nitrogen and oxygen atoms in total. The Morgan fingerprint density at radius 3 is 2.68 bits per heavy atom. The molecule has 0 N–H and O–H groups in total. The lowest BCUT2D eigenvalue weighted by atomic mass is 9.90. The highest BCUT2D eigenvalue weighted by molar-refractivity contribution is 6.04. The third-order valence-corrected chi connectivity index (χ3v) is 4.93. The number of rotatable bonds is 4. The molecule has 3 heterocycles. The number of hydrogen-bond acceptors (Lipinski definition) is 6. The molecule has 3 rings (SSSR count). The van der Waals surface area contributed by atoms with Gasteiger partial charge in [-0.2, -0.15) is 0 Å². The second-order valence-corrected chi connectivity index (χ2v) is 6.58. The molecule has 2 aliphatic rings. The molecule has 25 heavy (non-hydrogen) atoms. The topological polar surface area (TPSA) is 99.9 Å². The molecule has 9 heteroatoms. The average Bonchev–Trinajstić information content (AvgIpc) is 3.15. The fourth-order valence-corrected chi connectivity index (χ4v) is 3.44. The Balaban J connectivity index is 1.70. The molecule has 0 unspecified atom stereocenters. The van der Waals surface area contributed by atoms with E-state index in [-0.39, 0.29) is 36.9 Å². The second-order valence-electron chi connectivity index (χ2n) is 6.58. The van der Waals surface area contributed by atoms with Gasteiger partial charge in [-0.25, -0.2) is 4.79 Å². The van der Waals surface area contributed by atoms with Crippen LogP contribution in [0.4, 0.5) is 4.79 Å². The van der Waals surface area contributed by atoms with E-state index in [0.29, 0.717) is 24.7 Å². The normalized spacial score (nSPS) is 24.4. The van der Waals surface area contributed by atoms with E-state index in [1.165, 1.54) is 4.90 Å². The van der Waals surface area contributed by atoms with Crippen LogP contribution in [0.1, 0.15) is 44.4 Å². The van der Waals surface area contributed by atoms with Crippen molar-refractivity contribution < 1.29 is 18.8 Å². The molecule has 1 aromatic heterocycles. The number of carbonyl (C=O) groups excluding carboxylic acids is 3. The molecule has 2 aliphatic heterocycles. The van der Waals surface area contributed by atoms with Gasteiger partial charge in [-0.1, -0.05) is 6.92 Å². The van der Waals surface area contributed by atoms with E-state index >= 15 is 0 Å². The quantitative estimate of drug-likeness (QED) is 0.739. The van der Waals surface area contributed by atoms with Crippen LogP contribution in [0.5, 0.6) is 0 Å². The summed E-state index contributed by atoms with van der Waals surface area (Å²) in [6.07, 6.45) is 2.34. The summed E-state index contributed by atoms with van der Waals surface area (Å²) >= 11 is 0. The number of hydrogen-bond donors (Lipinski definition) is 0. The summed E-state index contributed by atoms with van der Waals surface area (Å²) < 4.78 is 5.67. The third kappa shape index (κ3) is 3.22. The predicted molar refractivity (Wildman–Crippen MR) is 86.6 cm³/mol. The van der Waals surface area contributed by atoms with Gasteiger partial charge >= 0.3 is 6.03 Å².